The summed E-state index contributed by atoms with van der Waals surface area (Å²) in [6.45, 7) is 3.52. The molecule has 2 aliphatic carbocycles. The lowest BCUT2D eigenvalue weighted by Gasteiger charge is -2.39. The summed E-state index contributed by atoms with van der Waals surface area (Å²) in [6.07, 6.45) is 14.3. The third-order valence-corrected chi connectivity index (χ3v) is 13.1. The molecule has 4 fully saturated rings. The van der Waals surface area contributed by atoms with Crippen LogP contribution in [0.2, 0.25) is 5.02 Å². The zero-order chi connectivity index (χ0) is 41.0. The minimum atomic E-state index is -0.958. The SMILES string of the molecule is N#Cc1ccc(O[C@H]2CC[C@H](NC(=O)c3cnc(N4CCN(C5CCCC(CCc6ccc7c(c6)C(=O)N(C6CCC(=O)NC6=O)C7=O)CC5)CC4)nc3)CC2)cc1Cl. The van der Waals surface area contributed by atoms with Gasteiger partial charge in [0.2, 0.25) is 17.8 Å². The Kier molecular flexibility index (Phi) is 12.2. The molecular weight excluding hydrogens is 772 g/mol. The number of rotatable bonds is 10. The predicted molar refractivity (Wildman–Crippen MR) is 218 cm³/mol. The van der Waals surface area contributed by atoms with E-state index in [-0.39, 0.29) is 36.8 Å². The monoisotopic (exact) mass is 820 g/mol. The van der Waals surface area contributed by atoms with Gasteiger partial charge in [-0.25, -0.2) is 9.97 Å². The van der Waals surface area contributed by atoms with Crippen molar-refractivity contribution in [1.29, 1.82) is 5.26 Å². The topological polar surface area (TPSA) is 178 Å². The van der Waals surface area contributed by atoms with Crippen LogP contribution in [0.3, 0.4) is 0 Å². The molecule has 0 radical (unpaired) electrons. The van der Waals surface area contributed by atoms with Gasteiger partial charge in [0.15, 0.2) is 0 Å². The van der Waals surface area contributed by atoms with Gasteiger partial charge in [-0.05, 0) is 100.0 Å². The van der Waals surface area contributed by atoms with Crippen molar-refractivity contribution in [2.45, 2.75) is 108 Å². The number of ether oxygens (including phenoxy) is 1. The zero-order valence-corrected chi connectivity index (χ0v) is 33.8. The van der Waals surface area contributed by atoms with Crippen molar-refractivity contribution in [1.82, 2.24) is 30.4 Å². The van der Waals surface area contributed by atoms with Crippen molar-refractivity contribution < 1.29 is 28.7 Å². The van der Waals surface area contributed by atoms with Crippen LogP contribution >= 0.6 is 11.6 Å². The van der Waals surface area contributed by atoms with Crippen molar-refractivity contribution in [3.05, 3.63) is 81.6 Å². The molecule has 308 valence electrons. The van der Waals surface area contributed by atoms with E-state index in [0.717, 1.165) is 88.0 Å². The molecule has 8 rings (SSSR count). The van der Waals surface area contributed by atoms with Crippen molar-refractivity contribution in [2.75, 3.05) is 31.1 Å². The van der Waals surface area contributed by atoms with Crippen LogP contribution in [0.15, 0.2) is 48.8 Å². The number of hydrogen-bond acceptors (Lipinski definition) is 11. The van der Waals surface area contributed by atoms with Crippen LogP contribution in [0.25, 0.3) is 0 Å². The molecule has 59 heavy (non-hydrogen) atoms. The van der Waals surface area contributed by atoms with Crippen LogP contribution < -0.4 is 20.3 Å². The van der Waals surface area contributed by atoms with Crippen LogP contribution in [-0.4, -0.2) is 99.7 Å². The summed E-state index contributed by atoms with van der Waals surface area (Å²) < 4.78 is 6.09. The summed E-state index contributed by atoms with van der Waals surface area (Å²) in [7, 11) is 0. The number of anilines is 1. The maximum atomic E-state index is 13.3. The van der Waals surface area contributed by atoms with E-state index >= 15 is 0 Å². The van der Waals surface area contributed by atoms with Gasteiger partial charge >= 0.3 is 0 Å². The lowest BCUT2D eigenvalue weighted by atomic mass is 9.92. The molecule has 2 aromatic carbocycles. The molecule has 5 aliphatic rings. The van der Waals surface area contributed by atoms with E-state index in [1.54, 1.807) is 36.7 Å². The van der Waals surface area contributed by atoms with Crippen molar-refractivity contribution in [3.63, 3.8) is 0 Å². The number of piperazine rings is 1. The second-order valence-corrected chi connectivity index (χ2v) is 16.9. The fourth-order valence-corrected chi connectivity index (χ4v) is 9.60. The Morgan fingerprint density at radius 3 is 2.37 bits per heavy atom. The van der Waals surface area contributed by atoms with Gasteiger partial charge in [0.25, 0.3) is 17.7 Å². The second-order valence-electron chi connectivity index (χ2n) is 16.5. The van der Waals surface area contributed by atoms with Crippen LogP contribution in [0.4, 0.5) is 5.95 Å². The first kappa shape index (κ1) is 40.4. The number of benzene rings is 2. The maximum Gasteiger partial charge on any atom is 0.262 e. The molecule has 2 saturated carbocycles. The smallest absolute Gasteiger partial charge is 0.262 e. The molecule has 3 aromatic rings. The molecule has 4 heterocycles. The number of fused-ring (bicyclic) bond motifs is 1. The van der Waals surface area contributed by atoms with E-state index in [0.29, 0.717) is 50.9 Å². The Morgan fingerprint density at radius 1 is 0.881 bits per heavy atom. The van der Waals surface area contributed by atoms with Crippen LogP contribution in [-0.2, 0) is 16.0 Å². The van der Waals surface area contributed by atoms with Crippen LogP contribution in [0, 0.1) is 17.2 Å². The number of amides is 5. The summed E-state index contributed by atoms with van der Waals surface area (Å²) >= 11 is 6.15. The van der Waals surface area contributed by atoms with E-state index in [2.05, 4.69) is 36.5 Å². The van der Waals surface area contributed by atoms with Crippen molar-refractivity contribution in [3.8, 4) is 11.8 Å². The van der Waals surface area contributed by atoms with Gasteiger partial charge in [0, 0.05) is 63.1 Å². The summed E-state index contributed by atoms with van der Waals surface area (Å²) in [5, 5.41) is 14.9. The third-order valence-electron chi connectivity index (χ3n) is 12.8. The Balaban J connectivity index is 0.751. The first-order valence-electron chi connectivity index (χ1n) is 21.0. The molecule has 3 unspecified atom stereocenters. The van der Waals surface area contributed by atoms with Crippen molar-refractivity contribution in [2.24, 2.45) is 5.92 Å². The fraction of sp³-hybridized carbons (Fsp3) is 0.500. The number of nitrogens with zero attached hydrogens (tertiary/aromatic N) is 6. The number of aromatic nitrogens is 2. The number of halogens is 1. The molecular formula is C44H49ClN8O6. The summed E-state index contributed by atoms with van der Waals surface area (Å²) in [4.78, 5) is 78.5. The number of aryl methyl sites for hydroxylation is 1. The highest BCUT2D eigenvalue weighted by Crippen LogP contribution is 2.33. The molecule has 3 atom stereocenters. The zero-order valence-electron chi connectivity index (χ0n) is 33.0. The maximum absolute atomic E-state index is 13.3. The van der Waals surface area contributed by atoms with E-state index in [1.807, 2.05) is 12.1 Å². The normalized spacial score (nSPS) is 25.2. The molecule has 5 amide bonds. The molecule has 15 heteroatoms. The average Bonchev–Trinajstić information content (AvgIpc) is 3.36. The minimum absolute atomic E-state index is 0.0251. The predicted octanol–water partition coefficient (Wildman–Crippen LogP) is 5.23. The number of nitriles is 1. The molecule has 0 spiro atoms. The average molecular weight is 821 g/mol. The first-order valence-corrected chi connectivity index (χ1v) is 21.3. The highest BCUT2D eigenvalue weighted by Gasteiger charge is 2.44. The van der Waals surface area contributed by atoms with E-state index in [9.17, 15) is 24.0 Å². The quantitative estimate of drug-likeness (QED) is 0.202. The summed E-state index contributed by atoms with van der Waals surface area (Å²) in [5.41, 5.74) is 2.54. The number of piperidine rings is 1. The number of carbonyl (C=O) groups excluding carboxylic acids is 5. The highest BCUT2D eigenvalue weighted by molar-refractivity contribution is 6.31. The third kappa shape index (κ3) is 9.11. The Morgan fingerprint density at radius 2 is 1.64 bits per heavy atom. The Hall–Kier alpha value is -5.39. The van der Waals surface area contributed by atoms with Gasteiger partial charge in [-0.1, -0.05) is 30.5 Å². The lowest BCUT2D eigenvalue weighted by Crippen LogP contribution is -2.54. The number of hydrogen-bond donors (Lipinski definition) is 2. The molecule has 0 bridgehead atoms. The first-order chi connectivity index (χ1) is 28.6. The van der Waals surface area contributed by atoms with Gasteiger partial charge in [-0.15, -0.1) is 0 Å². The van der Waals surface area contributed by atoms with Gasteiger partial charge in [-0.3, -0.25) is 39.1 Å². The van der Waals surface area contributed by atoms with E-state index in [4.69, 9.17) is 21.6 Å². The number of nitrogens with one attached hydrogen (secondary N) is 2. The molecule has 14 nitrogen and oxygen atoms in total. The van der Waals surface area contributed by atoms with E-state index < -0.39 is 23.8 Å². The molecule has 1 aromatic heterocycles. The van der Waals surface area contributed by atoms with E-state index in [1.165, 1.54) is 19.3 Å². The summed E-state index contributed by atoms with van der Waals surface area (Å²) in [6, 6.07) is 12.2. The standard InChI is InChI=1S/C44H49ClN8O6/c45-37-23-34(12-8-29(37)24-46)59-33-13-9-31(10-14-33)49-40(55)30-25-47-44(48-26-30)52-20-18-51(19-21-52)32-3-1-2-27(6-11-32)4-5-28-7-15-35-36(22-28)43(58)53(42(35)57)38-16-17-39(54)50-41(38)56/h7-8,12,15,22-23,25-27,31-33,38H,1-6,9-11,13-14,16-21H2,(H,49,55)(H,50,54,56)/t27?,31-,32?,33-,38?. The lowest BCUT2D eigenvalue weighted by molar-refractivity contribution is -0.136. The highest BCUT2D eigenvalue weighted by atomic mass is 35.5. The van der Waals surface area contributed by atoms with Gasteiger partial charge in [-0.2, -0.15) is 5.26 Å². The Labute approximate surface area is 348 Å². The fourth-order valence-electron chi connectivity index (χ4n) is 9.39. The van der Waals surface area contributed by atoms with Gasteiger partial charge in [0.1, 0.15) is 17.9 Å². The molecule has 3 aliphatic heterocycles. The number of imide groups is 2. The van der Waals surface area contributed by atoms with Gasteiger partial charge < -0.3 is 15.0 Å². The van der Waals surface area contributed by atoms with Crippen LogP contribution in [0.1, 0.15) is 119 Å². The summed E-state index contributed by atoms with van der Waals surface area (Å²) in [5.74, 6) is -0.222. The Bertz CT molecular complexity index is 2140. The largest absolute Gasteiger partial charge is 0.490 e. The van der Waals surface area contributed by atoms with Crippen molar-refractivity contribution >= 4 is 47.1 Å². The molecule has 2 saturated heterocycles. The minimum Gasteiger partial charge on any atom is -0.490 e. The van der Waals surface area contributed by atoms with Crippen LogP contribution in [0.5, 0.6) is 5.75 Å². The number of carbonyl (C=O) groups is 5. The molecule has 2 N–H and O–H groups in total. The second kappa shape index (κ2) is 17.8. The van der Waals surface area contributed by atoms with Gasteiger partial charge in [0.05, 0.1) is 33.4 Å².